The van der Waals surface area contributed by atoms with Crippen molar-refractivity contribution < 1.29 is 23.9 Å². The molecule has 4 rings (SSSR count). The van der Waals surface area contributed by atoms with Crippen molar-refractivity contribution in [2.45, 2.75) is 0 Å². The predicted octanol–water partition coefficient (Wildman–Crippen LogP) is 3.57. The standard InChI is InChI=1S/C28H28N4O5S/c1-36-24-11-7-6-10-21(24)25(33)30-28(38)29-22-18-20(27(35)37-2)12-13-23(22)31-14-16-32(17-15-31)26(34)19-8-4-3-5-9-19/h3-13,18H,14-17H2,1-2H3,(H2,29,30,33,38). The summed E-state index contributed by atoms with van der Waals surface area (Å²) < 4.78 is 10.1. The van der Waals surface area contributed by atoms with Gasteiger partial charge in [-0.2, -0.15) is 0 Å². The Bertz CT molecular complexity index is 1340. The highest BCUT2D eigenvalue weighted by atomic mass is 32.1. The lowest BCUT2D eigenvalue weighted by molar-refractivity contribution is 0.0600. The zero-order chi connectivity index (χ0) is 27.1. The van der Waals surface area contributed by atoms with Crippen molar-refractivity contribution >= 4 is 46.5 Å². The minimum atomic E-state index is -0.498. The normalized spacial score (nSPS) is 12.9. The maximum Gasteiger partial charge on any atom is 0.337 e. The largest absolute Gasteiger partial charge is 0.496 e. The second kappa shape index (κ2) is 12.2. The highest BCUT2D eigenvalue weighted by Crippen LogP contribution is 2.29. The number of rotatable bonds is 6. The molecule has 9 nitrogen and oxygen atoms in total. The van der Waals surface area contributed by atoms with Crippen molar-refractivity contribution in [3.8, 4) is 5.75 Å². The van der Waals surface area contributed by atoms with Gasteiger partial charge >= 0.3 is 5.97 Å². The fraction of sp³-hybridized carbons (Fsp3) is 0.214. The number of para-hydroxylation sites is 1. The Hall–Kier alpha value is -4.44. The smallest absolute Gasteiger partial charge is 0.337 e. The third-order valence-electron chi connectivity index (χ3n) is 6.17. The Balaban J connectivity index is 1.50. The van der Waals surface area contributed by atoms with E-state index in [0.29, 0.717) is 54.3 Å². The Morgan fingerprint density at radius 2 is 1.53 bits per heavy atom. The lowest BCUT2D eigenvalue weighted by Gasteiger charge is -2.37. The first kappa shape index (κ1) is 26.6. The van der Waals surface area contributed by atoms with Crippen LogP contribution in [0.3, 0.4) is 0 Å². The number of carbonyl (C=O) groups is 3. The number of anilines is 2. The number of carbonyl (C=O) groups excluding carboxylic acids is 3. The zero-order valence-corrected chi connectivity index (χ0v) is 21.9. The van der Waals surface area contributed by atoms with Crippen LogP contribution in [-0.4, -0.2) is 68.2 Å². The number of ether oxygens (including phenoxy) is 2. The van der Waals surface area contributed by atoms with Crippen LogP contribution >= 0.6 is 12.2 Å². The number of amides is 2. The average Bonchev–Trinajstić information content (AvgIpc) is 2.96. The molecule has 196 valence electrons. The van der Waals surface area contributed by atoms with Crippen molar-refractivity contribution in [3.63, 3.8) is 0 Å². The SMILES string of the molecule is COC(=O)c1ccc(N2CCN(C(=O)c3ccccc3)CC2)c(NC(=S)NC(=O)c2ccccc2OC)c1. The van der Waals surface area contributed by atoms with Gasteiger partial charge in [-0.15, -0.1) is 0 Å². The van der Waals surface area contributed by atoms with Gasteiger partial charge in [0.25, 0.3) is 11.8 Å². The van der Waals surface area contributed by atoms with E-state index < -0.39 is 11.9 Å². The molecule has 3 aromatic rings. The summed E-state index contributed by atoms with van der Waals surface area (Å²) in [6.45, 7) is 2.21. The van der Waals surface area contributed by atoms with Gasteiger partial charge in [0.2, 0.25) is 0 Å². The lowest BCUT2D eigenvalue weighted by atomic mass is 10.1. The van der Waals surface area contributed by atoms with Crippen LogP contribution in [0, 0.1) is 0 Å². The third kappa shape index (κ3) is 6.09. The summed E-state index contributed by atoms with van der Waals surface area (Å²) in [5.41, 5.74) is 2.62. The van der Waals surface area contributed by atoms with Crippen molar-refractivity contribution in [2.24, 2.45) is 0 Å². The fourth-order valence-corrected chi connectivity index (χ4v) is 4.43. The number of piperazine rings is 1. The van der Waals surface area contributed by atoms with Crippen LogP contribution in [0.15, 0.2) is 72.8 Å². The third-order valence-corrected chi connectivity index (χ3v) is 6.38. The Morgan fingerprint density at radius 3 is 2.21 bits per heavy atom. The summed E-state index contributed by atoms with van der Waals surface area (Å²) in [4.78, 5) is 41.8. The van der Waals surface area contributed by atoms with E-state index in [1.807, 2.05) is 35.2 Å². The molecule has 1 saturated heterocycles. The van der Waals surface area contributed by atoms with Gasteiger partial charge in [0, 0.05) is 31.7 Å². The van der Waals surface area contributed by atoms with E-state index in [-0.39, 0.29) is 11.0 Å². The van der Waals surface area contributed by atoms with E-state index in [1.54, 1.807) is 42.5 Å². The summed E-state index contributed by atoms with van der Waals surface area (Å²) >= 11 is 5.43. The molecule has 0 spiro atoms. The number of methoxy groups -OCH3 is 2. The second-order valence-corrected chi connectivity index (χ2v) is 8.89. The van der Waals surface area contributed by atoms with Gasteiger partial charge in [0.1, 0.15) is 5.75 Å². The molecule has 0 atom stereocenters. The fourth-order valence-electron chi connectivity index (χ4n) is 4.23. The van der Waals surface area contributed by atoms with Crippen molar-refractivity contribution in [1.82, 2.24) is 10.2 Å². The van der Waals surface area contributed by atoms with Crippen molar-refractivity contribution in [2.75, 3.05) is 50.6 Å². The Kier molecular flexibility index (Phi) is 8.55. The first-order chi connectivity index (χ1) is 18.4. The van der Waals surface area contributed by atoms with Gasteiger partial charge < -0.3 is 24.6 Å². The maximum atomic E-state index is 12.9. The average molecular weight is 533 g/mol. The van der Waals surface area contributed by atoms with Gasteiger partial charge in [-0.3, -0.25) is 14.9 Å². The van der Waals surface area contributed by atoms with Crippen molar-refractivity contribution in [3.05, 3.63) is 89.5 Å². The first-order valence-corrected chi connectivity index (χ1v) is 12.4. The molecule has 2 amide bonds. The molecular formula is C28H28N4O5S. The molecule has 1 fully saturated rings. The van der Waals surface area contributed by atoms with Gasteiger partial charge in [-0.05, 0) is 54.7 Å². The maximum absolute atomic E-state index is 12.9. The van der Waals surface area contributed by atoms with E-state index in [4.69, 9.17) is 21.7 Å². The molecule has 0 aliphatic carbocycles. The number of nitrogens with zero attached hydrogens (tertiary/aromatic N) is 2. The Labute approximate surface area is 226 Å². The molecule has 10 heteroatoms. The van der Waals surface area contributed by atoms with Crippen LogP contribution < -0.4 is 20.3 Å². The summed E-state index contributed by atoms with van der Waals surface area (Å²) in [7, 11) is 2.80. The molecule has 1 aliphatic rings. The molecule has 0 unspecified atom stereocenters. The van der Waals surface area contributed by atoms with Gasteiger partial charge in [0.05, 0.1) is 36.7 Å². The first-order valence-electron chi connectivity index (χ1n) is 12.0. The number of thiocarbonyl (C=S) groups is 1. The Morgan fingerprint density at radius 1 is 0.842 bits per heavy atom. The van der Waals surface area contributed by atoms with Crippen LogP contribution in [0.4, 0.5) is 11.4 Å². The summed E-state index contributed by atoms with van der Waals surface area (Å²) in [6.07, 6.45) is 0. The van der Waals surface area contributed by atoms with Crippen LogP contribution in [0.2, 0.25) is 0 Å². The molecule has 0 aromatic heterocycles. The van der Waals surface area contributed by atoms with Crippen LogP contribution in [0.25, 0.3) is 0 Å². The monoisotopic (exact) mass is 532 g/mol. The summed E-state index contributed by atoms with van der Waals surface area (Å²) in [6, 6.07) is 21.1. The molecule has 1 aliphatic heterocycles. The number of esters is 1. The van der Waals surface area contributed by atoms with Gasteiger partial charge in [-0.1, -0.05) is 30.3 Å². The molecule has 0 radical (unpaired) electrons. The zero-order valence-electron chi connectivity index (χ0n) is 21.1. The topological polar surface area (TPSA) is 100 Å². The van der Waals surface area contributed by atoms with Crippen LogP contribution in [-0.2, 0) is 4.74 Å². The van der Waals surface area contributed by atoms with E-state index in [2.05, 4.69) is 15.5 Å². The van der Waals surface area contributed by atoms with Crippen molar-refractivity contribution in [1.29, 1.82) is 0 Å². The highest BCUT2D eigenvalue weighted by Gasteiger charge is 2.24. The summed E-state index contributed by atoms with van der Waals surface area (Å²) in [5, 5.41) is 5.78. The van der Waals surface area contributed by atoms with Gasteiger partial charge in [-0.25, -0.2) is 4.79 Å². The number of benzene rings is 3. The summed E-state index contributed by atoms with van der Waals surface area (Å²) in [5.74, 6) is -0.519. The van der Waals surface area contributed by atoms with Crippen LogP contribution in [0.1, 0.15) is 31.1 Å². The van der Waals surface area contributed by atoms with Gasteiger partial charge in [0.15, 0.2) is 5.11 Å². The number of hydrogen-bond donors (Lipinski definition) is 2. The number of nitrogens with one attached hydrogen (secondary N) is 2. The van der Waals surface area contributed by atoms with E-state index in [9.17, 15) is 14.4 Å². The van der Waals surface area contributed by atoms with E-state index >= 15 is 0 Å². The minimum absolute atomic E-state index is 0.00938. The van der Waals surface area contributed by atoms with E-state index in [1.165, 1.54) is 14.2 Å². The number of hydrogen-bond acceptors (Lipinski definition) is 7. The molecule has 1 heterocycles. The molecule has 0 bridgehead atoms. The second-order valence-electron chi connectivity index (χ2n) is 8.48. The van der Waals surface area contributed by atoms with E-state index in [0.717, 1.165) is 5.69 Å². The molecule has 38 heavy (non-hydrogen) atoms. The molecule has 3 aromatic carbocycles. The molecule has 2 N–H and O–H groups in total. The molecule has 0 saturated carbocycles. The van der Waals surface area contributed by atoms with Crippen LogP contribution in [0.5, 0.6) is 5.75 Å². The highest BCUT2D eigenvalue weighted by molar-refractivity contribution is 7.80. The minimum Gasteiger partial charge on any atom is -0.496 e. The quantitative estimate of drug-likeness (QED) is 0.367. The lowest BCUT2D eigenvalue weighted by Crippen LogP contribution is -2.49. The molecular weight excluding hydrogens is 504 g/mol. The predicted molar refractivity (Wildman–Crippen MR) is 149 cm³/mol.